The number of aromatic nitrogens is 4. The quantitative estimate of drug-likeness (QED) is 0.327. The van der Waals surface area contributed by atoms with Crippen LogP contribution in [0, 0.1) is 0 Å². The number of aromatic amines is 1. The standard InChI is InChI=1S/C27H30N8O3S/c1-17-26(36)35(21-9-6-10-22(14-21)39(37,38)28-2)24-16-29-27(31-19-11-12-23-18(13-19)15-30-33-23)32-25(24)34(17)20-7-4-3-5-8-20/h6,9-17,20,28H,3-5,7-8H2,1-2H3,(H,30,33)(H,29,31,32)/t17-/m1/s1. The van der Waals surface area contributed by atoms with Crippen molar-refractivity contribution in [2.24, 2.45) is 0 Å². The van der Waals surface area contributed by atoms with E-state index in [1.807, 2.05) is 25.1 Å². The van der Waals surface area contributed by atoms with E-state index in [-0.39, 0.29) is 16.8 Å². The van der Waals surface area contributed by atoms with Crippen LogP contribution >= 0.6 is 0 Å². The molecule has 1 aliphatic carbocycles. The van der Waals surface area contributed by atoms with Crippen molar-refractivity contribution < 1.29 is 13.2 Å². The summed E-state index contributed by atoms with van der Waals surface area (Å²) in [6, 6.07) is 11.9. The summed E-state index contributed by atoms with van der Waals surface area (Å²) >= 11 is 0. The molecule has 0 bridgehead atoms. The molecular formula is C27H30N8O3S. The molecule has 202 valence electrons. The number of benzene rings is 2. The molecule has 1 aliphatic heterocycles. The van der Waals surface area contributed by atoms with Crippen LogP contribution in [-0.4, -0.2) is 53.6 Å². The molecule has 0 radical (unpaired) electrons. The molecular weight excluding hydrogens is 516 g/mol. The number of amides is 1. The molecule has 12 heteroatoms. The van der Waals surface area contributed by atoms with Gasteiger partial charge in [-0.25, -0.2) is 18.1 Å². The van der Waals surface area contributed by atoms with Crippen LogP contribution in [0.2, 0.25) is 0 Å². The first-order chi connectivity index (χ1) is 18.9. The summed E-state index contributed by atoms with van der Waals surface area (Å²) in [5, 5.41) is 11.3. The number of nitrogens with zero attached hydrogens (tertiary/aromatic N) is 5. The van der Waals surface area contributed by atoms with E-state index in [2.05, 4.69) is 30.1 Å². The number of sulfonamides is 1. The molecule has 0 unspecified atom stereocenters. The Labute approximate surface area is 226 Å². The van der Waals surface area contributed by atoms with Crippen LogP contribution in [0.1, 0.15) is 39.0 Å². The molecule has 4 aromatic rings. The summed E-state index contributed by atoms with van der Waals surface area (Å²) in [5.74, 6) is 0.907. The second kappa shape index (κ2) is 9.93. The van der Waals surface area contributed by atoms with Crippen molar-refractivity contribution in [1.82, 2.24) is 24.9 Å². The van der Waals surface area contributed by atoms with Gasteiger partial charge < -0.3 is 10.2 Å². The third-order valence-electron chi connectivity index (χ3n) is 7.55. The van der Waals surface area contributed by atoms with Crippen LogP contribution in [0.4, 0.5) is 28.8 Å². The average molecular weight is 547 g/mol. The highest BCUT2D eigenvalue weighted by Crippen LogP contribution is 2.43. The molecule has 0 spiro atoms. The molecule has 0 saturated heterocycles. The molecule has 2 aliphatic rings. The number of carbonyl (C=O) groups excluding carboxylic acids is 1. The number of hydrogen-bond acceptors (Lipinski definition) is 8. The lowest BCUT2D eigenvalue weighted by molar-refractivity contribution is -0.119. The minimum atomic E-state index is -3.69. The normalized spacial score (nSPS) is 18.4. The van der Waals surface area contributed by atoms with Gasteiger partial charge in [0.2, 0.25) is 16.0 Å². The van der Waals surface area contributed by atoms with Crippen molar-refractivity contribution in [1.29, 1.82) is 0 Å². The monoisotopic (exact) mass is 546 g/mol. The van der Waals surface area contributed by atoms with Crippen molar-refractivity contribution in [2.45, 2.75) is 56.0 Å². The molecule has 2 aromatic heterocycles. The SMILES string of the molecule is CNS(=O)(=O)c1cccc(N2C(=O)[C@@H](C)N(C3CCCCC3)c3nc(Nc4ccc5[nH]ncc5c4)ncc32)c1. The van der Waals surface area contributed by atoms with Gasteiger partial charge in [-0.05, 0) is 63.2 Å². The highest BCUT2D eigenvalue weighted by atomic mass is 32.2. The van der Waals surface area contributed by atoms with Gasteiger partial charge in [0.15, 0.2) is 5.82 Å². The van der Waals surface area contributed by atoms with Gasteiger partial charge in [-0.2, -0.15) is 10.1 Å². The molecule has 1 saturated carbocycles. The third kappa shape index (κ3) is 4.59. The summed E-state index contributed by atoms with van der Waals surface area (Å²) in [6.45, 7) is 1.89. The lowest BCUT2D eigenvalue weighted by atomic mass is 9.92. The minimum absolute atomic E-state index is 0.0769. The predicted octanol–water partition coefficient (Wildman–Crippen LogP) is 4.21. The smallest absolute Gasteiger partial charge is 0.254 e. The molecule has 11 nitrogen and oxygen atoms in total. The summed E-state index contributed by atoms with van der Waals surface area (Å²) < 4.78 is 27.4. The number of H-pyrrole nitrogens is 1. The third-order valence-corrected chi connectivity index (χ3v) is 8.96. The first kappa shape index (κ1) is 25.3. The second-order valence-electron chi connectivity index (χ2n) is 9.95. The van der Waals surface area contributed by atoms with Crippen LogP contribution in [0.25, 0.3) is 10.9 Å². The summed E-state index contributed by atoms with van der Waals surface area (Å²) in [4.78, 5) is 27.1. The first-order valence-electron chi connectivity index (χ1n) is 13.1. The van der Waals surface area contributed by atoms with Crippen molar-refractivity contribution in [3.63, 3.8) is 0 Å². The molecule has 1 amide bonds. The van der Waals surface area contributed by atoms with Gasteiger partial charge in [0, 0.05) is 17.1 Å². The van der Waals surface area contributed by atoms with Crippen molar-refractivity contribution >= 4 is 55.7 Å². The fraction of sp³-hybridized carbons (Fsp3) is 0.333. The average Bonchev–Trinajstić information content (AvgIpc) is 3.43. The Kier molecular flexibility index (Phi) is 6.43. The van der Waals surface area contributed by atoms with Gasteiger partial charge in [0.25, 0.3) is 5.91 Å². The van der Waals surface area contributed by atoms with E-state index in [1.165, 1.54) is 30.5 Å². The first-order valence-corrected chi connectivity index (χ1v) is 14.6. The molecule has 1 atom stereocenters. The lowest BCUT2D eigenvalue weighted by Crippen LogP contribution is -2.55. The predicted molar refractivity (Wildman–Crippen MR) is 150 cm³/mol. The van der Waals surface area contributed by atoms with E-state index in [1.54, 1.807) is 24.5 Å². The number of carbonyl (C=O) groups is 1. The van der Waals surface area contributed by atoms with Crippen LogP contribution < -0.4 is 19.8 Å². The van der Waals surface area contributed by atoms with Crippen LogP contribution in [0.3, 0.4) is 0 Å². The maximum atomic E-state index is 13.9. The Morgan fingerprint density at radius 1 is 1.05 bits per heavy atom. The van der Waals surface area contributed by atoms with Gasteiger partial charge in [-0.1, -0.05) is 25.3 Å². The number of nitrogens with one attached hydrogen (secondary N) is 3. The van der Waals surface area contributed by atoms with Crippen molar-refractivity contribution in [3.8, 4) is 0 Å². The largest absolute Gasteiger partial charge is 0.340 e. The molecule has 1 fully saturated rings. The van der Waals surface area contributed by atoms with Crippen LogP contribution in [-0.2, 0) is 14.8 Å². The maximum Gasteiger partial charge on any atom is 0.254 e. The number of fused-ring (bicyclic) bond motifs is 2. The van der Waals surface area contributed by atoms with Crippen LogP contribution in [0.15, 0.2) is 59.8 Å². The Morgan fingerprint density at radius 3 is 2.67 bits per heavy atom. The highest BCUT2D eigenvalue weighted by Gasteiger charge is 2.41. The van der Waals surface area contributed by atoms with Gasteiger partial charge >= 0.3 is 0 Å². The molecule has 6 rings (SSSR count). The fourth-order valence-electron chi connectivity index (χ4n) is 5.55. The summed E-state index contributed by atoms with van der Waals surface area (Å²) in [5.41, 5.74) is 2.72. The minimum Gasteiger partial charge on any atom is -0.340 e. The fourth-order valence-corrected chi connectivity index (χ4v) is 6.32. The zero-order chi connectivity index (χ0) is 27.1. The van der Waals surface area contributed by atoms with E-state index >= 15 is 0 Å². The van der Waals surface area contributed by atoms with E-state index in [0.29, 0.717) is 23.1 Å². The highest BCUT2D eigenvalue weighted by molar-refractivity contribution is 7.89. The molecule has 2 aromatic carbocycles. The molecule has 39 heavy (non-hydrogen) atoms. The van der Waals surface area contributed by atoms with Gasteiger partial charge in [0.05, 0.1) is 28.5 Å². The number of hydrogen-bond donors (Lipinski definition) is 3. The van der Waals surface area contributed by atoms with Crippen LogP contribution in [0.5, 0.6) is 0 Å². The van der Waals surface area contributed by atoms with E-state index < -0.39 is 16.1 Å². The van der Waals surface area contributed by atoms with Gasteiger partial charge in [0.1, 0.15) is 11.7 Å². The number of rotatable bonds is 6. The van der Waals surface area contributed by atoms with Gasteiger partial charge in [-0.3, -0.25) is 14.8 Å². The summed E-state index contributed by atoms with van der Waals surface area (Å²) in [7, 11) is -2.33. The topological polar surface area (TPSA) is 136 Å². The maximum absolute atomic E-state index is 13.9. The molecule has 3 N–H and O–H groups in total. The van der Waals surface area contributed by atoms with E-state index in [0.717, 1.165) is 42.3 Å². The summed E-state index contributed by atoms with van der Waals surface area (Å²) in [6.07, 6.45) is 8.75. The Morgan fingerprint density at radius 2 is 1.87 bits per heavy atom. The van der Waals surface area contributed by atoms with Crippen molar-refractivity contribution in [3.05, 3.63) is 54.9 Å². The number of anilines is 5. The second-order valence-corrected chi connectivity index (χ2v) is 11.8. The van der Waals surface area contributed by atoms with E-state index in [4.69, 9.17) is 4.98 Å². The van der Waals surface area contributed by atoms with E-state index in [9.17, 15) is 13.2 Å². The Bertz CT molecular complexity index is 1650. The Hall–Kier alpha value is -4.03. The van der Waals surface area contributed by atoms with Gasteiger partial charge in [-0.15, -0.1) is 0 Å². The lowest BCUT2D eigenvalue weighted by Gasteiger charge is -2.45. The Balaban J connectivity index is 1.44. The zero-order valence-corrected chi connectivity index (χ0v) is 22.6. The zero-order valence-electron chi connectivity index (χ0n) is 21.8. The van der Waals surface area contributed by atoms with Crippen molar-refractivity contribution in [2.75, 3.05) is 22.2 Å². The molecule has 3 heterocycles.